The number of hydrogen-bond acceptors (Lipinski definition) is 8. The van der Waals surface area contributed by atoms with Crippen LogP contribution in [0.5, 0.6) is 0 Å². The average Bonchev–Trinajstić information content (AvgIpc) is 3.14. The fraction of sp³-hybridized carbons (Fsp3) is 0. The fourth-order valence-corrected chi connectivity index (χ4v) is 2.65. The van der Waals surface area contributed by atoms with Crippen molar-refractivity contribution >= 4 is 11.9 Å². The summed E-state index contributed by atoms with van der Waals surface area (Å²) in [6.45, 7) is 0. The maximum absolute atomic E-state index is 11.8. The van der Waals surface area contributed by atoms with E-state index in [0.717, 1.165) is 4.57 Å². The molecule has 0 atom stereocenters. The Morgan fingerprint density at radius 2 is 1.19 bits per heavy atom. The van der Waals surface area contributed by atoms with Crippen molar-refractivity contribution in [3.8, 4) is 11.6 Å². The normalized spacial score (nSPS) is 11.2. The molecule has 4 aromatic rings. The maximum atomic E-state index is 11.8. The number of benzene rings is 1. The first-order valence-corrected chi connectivity index (χ1v) is 8.48. The second-order valence-corrected chi connectivity index (χ2v) is 6.00. The highest BCUT2D eigenvalue weighted by Crippen LogP contribution is 2.15. The third-order valence-electron chi connectivity index (χ3n) is 3.98. The van der Waals surface area contributed by atoms with Crippen molar-refractivity contribution < 1.29 is 4.42 Å². The second kappa shape index (κ2) is 7.43. The van der Waals surface area contributed by atoms with Crippen LogP contribution >= 0.6 is 0 Å². The van der Waals surface area contributed by atoms with Gasteiger partial charge in [-0.2, -0.15) is 4.57 Å². The van der Waals surface area contributed by atoms with Crippen LogP contribution in [0.1, 0.15) is 5.76 Å². The predicted molar refractivity (Wildman–Crippen MR) is 106 cm³/mol. The van der Waals surface area contributed by atoms with E-state index >= 15 is 0 Å². The van der Waals surface area contributed by atoms with Gasteiger partial charge in [-0.25, -0.2) is 33.3 Å². The molecule has 0 saturated heterocycles. The molecule has 4 N–H and O–H groups in total. The first-order chi connectivity index (χ1) is 14.8. The fourth-order valence-electron chi connectivity index (χ4n) is 2.65. The SMILES string of the molecule is O=c1[nH]c(=O)n(-c2ccc(N=Cc3ccc(-n4c(=O)[nH]c(=O)[nH]c4=O)o3)cc2)c(=O)[nH]1. The summed E-state index contributed by atoms with van der Waals surface area (Å²) in [6.07, 6.45) is 1.31. The van der Waals surface area contributed by atoms with Gasteiger partial charge in [0.1, 0.15) is 5.76 Å². The molecule has 0 amide bonds. The Morgan fingerprint density at radius 1 is 0.677 bits per heavy atom. The third-order valence-corrected chi connectivity index (χ3v) is 3.98. The maximum Gasteiger partial charge on any atom is 0.340 e. The summed E-state index contributed by atoms with van der Waals surface area (Å²) in [5, 5.41) is 0. The van der Waals surface area contributed by atoms with Crippen LogP contribution in [0.15, 0.2) is 74.6 Å². The van der Waals surface area contributed by atoms with Gasteiger partial charge in [0.25, 0.3) is 0 Å². The smallest absolute Gasteiger partial charge is 0.340 e. The molecule has 156 valence electrons. The monoisotopic (exact) mass is 425 g/mol. The summed E-state index contributed by atoms with van der Waals surface area (Å²) in [4.78, 5) is 81.3. The lowest BCUT2D eigenvalue weighted by atomic mass is 10.3. The van der Waals surface area contributed by atoms with Crippen LogP contribution in [0.2, 0.25) is 0 Å². The van der Waals surface area contributed by atoms with Crippen LogP contribution in [-0.4, -0.2) is 35.3 Å². The van der Waals surface area contributed by atoms with Crippen molar-refractivity contribution in [3.05, 3.63) is 105 Å². The minimum absolute atomic E-state index is 0.129. The Balaban J connectivity index is 1.60. The van der Waals surface area contributed by atoms with Gasteiger partial charge >= 0.3 is 34.1 Å². The van der Waals surface area contributed by atoms with E-state index in [4.69, 9.17) is 4.42 Å². The first kappa shape index (κ1) is 19.3. The molecule has 1 aromatic carbocycles. The highest BCUT2D eigenvalue weighted by molar-refractivity contribution is 5.79. The Bertz CT molecular complexity index is 1590. The number of furan rings is 1. The van der Waals surface area contributed by atoms with Crippen molar-refractivity contribution in [2.24, 2.45) is 4.99 Å². The number of nitrogens with zero attached hydrogens (tertiary/aromatic N) is 3. The van der Waals surface area contributed by atoms with Crippen molar-refractivity contribution in [2.45, 2.75) is 0 Å². The molecule has 14 nitrogen and oxygen atoms in total. The molecule has 0 aliphatic rings. The summed E-state index contributed by atoms with van der Waals surface area (Å²) in [6, 6.07) is 8.68. The van der Waals surface area contributed by atoms with Crippen LogP contribution in [0.3, 0.4) is 0 Å². The van der Waals surface area contributed by atoms with E-state index in [2.05, 4.69) is 4.99 Å². The zero-order valence-electron chi connectivity index (χ0n) is 15.2. The van der Waals surface area contributed by atoms with Gasteiger partial charge in [0.15, 0.2) is 0 Å². The lowest BCUT2D eigenvalue weighted by molar-refractivity contribution is 0.515. The molecule has 0 unspecified atom stereocenters. The molecule has 0 radical (unpaired) electrons. The van der Waals surface area contributed by atoms with Gasteiger partial charge in [-0.1, -0.05) is 0 Å². The van der Waals surface area contributed by atoms with E-state index in [0.29, 0.717) is 10.3 Å². The molecule has 0 fully saturated rings. The summed E-state index contributed by atoms with van der Waals surface area (Å²) < 4.78 is 6.72. The largest absolute Gasteiger partial charge is 0.439 e. The van der Waals surface area contributed by atoms with Gasteiger partial charge in [0.2, 0.25) is 5.88 Å². The van der Waals surface area contributed by atoms with E-state index < -0.39 is 34.1 Å². The van der Waals surface area contributed by atoms with E-state index in [1.54, 1.807) is 0 Å². The average molecular weight is 425 g/mol. The molecule has 0 spiro atoms. The molecule has 0 aliphatic carbocycles. The van der Waals surface area contributed by atoms with Gasteiger partial charge in [-0.05, 0) is 30.3 Å². The second-order valence-electron chi connectivity index (χ2n) is 6.00. The minimum Gasteiger partial charge on any atom is -0.439 e. The van der Waals surface area contributed by atoms with E-state index in [-0.39, 0.29) is 17.3 Å². The van der Waals surface area contributed by atoms with Crippen molar-refractivity contribution in [1.29, 1.82) is 0 Å². The number of aromatic amines is 4. The highest BCUT2D eigenvalue weighted by atomic mass is 16.4. The number of H-pyrrole nitrogens is 4. The van der Waals surface area contributed by atoms with Gasteiger partial charge < -0.3 is 4.42 Å². The molecule has 0 bridgehead atoms. The number of hydrogen-bond donors (Lipinski definition) is 4. The van der Waals surface area contributed by atoms with E-state index in [9.17, 15) is 28.8 Å². The predicted octanol–water partition coefficient (Wildman–Crippen LogP) is -1.91. The Hall–Kier alpha value is -5.01. The molecule has 0 saturated carbocycles. The lowest BCUT2D eigenvalue weighted by Gasteiger charge is -2.03. The van der Waals surface area contributed by atoms with Crippen molar-refractivity contribution in [1.82, 2.24) is 29.1 Å². The molecular formula is C17H11N7O7. The summed E-state index contributed by atoms with van der Waals surface area (Å²) >= 11 is 0. The zero-order valence-corrected chi connectivity index (χ0v) is 15.2. The summed E-state index contributed by atoms with van der Waals surface area (Å²) in [7, 11) is 0. The minimum atomic E-state index is -0.963. The standard InChI is InChI=1S/C17H11N7O7/c25-12-19-14(27)23(15(28)20-12)9-3-1-8(2-4-9)18-7-10-5-6-11(31-10)24-16(29)21-13(26)22-17(24)30/h1-7H,(H2,19,20,25,27,28)(H2,21,22,26,29,30). The van der Waals surface area contributed by atoms with Crippen molar-refractivity contribution in [2.75, 3.05) is 0 Å². The topological polar surface area (TPSA) is 201 Å². The number of nitrogens with one attached hydrogen (secondary N) is 4. The van der Waals surface area contributed by atoms with E-state index in [1.165, 1.54) is 42.6 Å². The zero-order chi connectivity index (χ0) is 22.1. The molecule has 0 aliphatic heterocycles. The highest BCUT2D eigenvalue weighted by Gasteiger charge is 2.10. The first-order valence-electron chi connectivity index (χ1n) is 8.48. The lowest BCUT2D eigenvalue weighted by Crippen LogP contribution is -2.42. The molecular weight excluding hydrogens is 414 g/mol. The van der Waals surface area contributed by atoms with Crippen LogP contribution < -0.4 is 34.1 Å². The summed E-state index contributed by atoms with van der Waals surface area (Å²) in [5.74, 6) is 0.0702. The molecule has 14 heteroatoms. The van der Waals surface area contributed by atoms with Crippen molar-refractivity contribution in [3.63, 3.8) is 0 Å². The number of aliphatic imine (C=N–C) groups is 1. The number of aromatic nitrogens is 6. The van der Waals surface area contributed by atoms with Gasteiger partial charge in [0.05, 0.1) is 17.6 Å². The summed E-state index contributed by atoms with van der Waals surface area (Å²) in [5.41, 5.74) is -4.91. The molecule has 4 rings (SSSR count). The molecule has 31 heavy (non-hydrogen) atoms. The third kappa shape index (κ3) is 3.80. The molecule has 3 aromatic heterocycles. The van der Waals surface area contributed by atoms with E-state index in [1.807, 2.05) is 19.9 Å². The van der Waals surface area contributed by atoms with Crippen LogP contribution in [0.25, 0.3) is 11.6 Å². The van der Waals surface area contributed by atoms with Crippen LogP contribution in [-0.2, 0) is 0 Å². The van der Waals surface area contributed by atoms with Gasteiger partial charge in [-0.15, -0.1) is 0 Å². The van der Waals surface area contributed by atoms with Crippen LogP contribution in [0.4, 0.5) is 5.69 Å². The van der Waals surface area contributed by atoms with Crippen LogP contribution in [0, 0.1) is 0 Å². The van der Waals surface area contributed by atoms with Gasteiger partial charge in [0, 0.05) is 6.07 Å². The Kier molecular flexibility index (Phi) is 4.63. The molecule has 3 heterocycles. The quantitative estimate of drug-likeness (QED) is 0.273. The Labute approximate surface area is 167 Å². The Morgan fingerprint density at radius 3 is 1.74 bits per heavy atom. The van der Waals surface area contributed by atoms with Gasteiger partial charge in [-0.3, -0.25) is 24.9 Å². The number of rotatable bonds is 4.